The van der Waals surface area contributed by atoms with Crippen molar-refractivity contribution in [1.29, 1.82) is 0 Å². The molecule has 0 bridgehead atoms. The molecule has 1 saturated heterocycles. The van der Waals surface area contributed by atoms with Gasteiger partial charge in [0.1, 0.15) is 5.82 Å². The minimum Gasteiger partial charge on any atom is -0.475 e. The molecule has 2 aromatic carbocycles. The van der Waals surface area contributed by atoms with Crippen molar-refractivity contribution in [2.75, 3.05) is 43.4 Å². The number of alkyl halides is 3. The number of aromatic nitrogens is 1. The number of urea groups is 1. The van der Waals surface area contributed by atoms with Crippen molar-refractivity contribution in [3.05, 3.63) is 76.5 Å². The lowest BCUT2D eigenvalue weighted by molar-refractivity contribution is -0.192. The number of amides is 4. The number of carbonyl (C=O) groups excluding carboxylic acids is 3. The molecule has 2 heterocycles. The molecule has 3 aromatic rings. The van der Waals surface area contributed by atoms with E-state index in [2.05, 4.69) is 25.8 Å². The van der Waals surface area contributed by atoms with Gasteiger partial charge in [-0.2, -0.15) is 13.2 Å². The first-order chi connectivity index (χ1) is 21.4. The van der Waals surface area contributed by atoms with Crippen LogP contribution in [0.1, 0.15) is 39.1 Å². The van der Waals surface area contributed by atoms with Crippen molar-refractivity contribution in [1.82, 2.24) is 20.1 Å². The lowest BCUT2D eigenvalue weighted by Crippen LogP contribution is -2.48. The van der Waals surface area contributed by atoms with Gasteiger partial charge in [-0.15, -0.1) is 11.3 Å². The van der Waals surface area contributed by atoms with Crippen molar-refractivity contribution in [2.45, 2.75) is 25.6 Å². The Hall–Kier alpha value is -4.57. The molecule has 4 amide bonds. The highest BCUT2D eigenvalue weighted by Crippen LogP contribution is 2.27. The Labute approximate surface area is 259 Å². The number of halogens is 4. The molecule has 1 saturated carbocycles. The Morgan fingerprint density at radius 2 is 1.69 bits per heavy atom. The number of carboxylic acids is 1. The van der Waals surface area contributed by atoms with Crippen molar-refractivity contribution >= 4 is 46.0 Å². The minimum atomic E-state index is -5.08. The number of carbonyl (C=O) groups is 4. The molecule has 0 radical (unpaired) electrons. The van der Waals surface area contributed by atoms with Crippen LogP contribution in [0.5, 0.6) is 0 Å². The van der Waals surface area contributed by atoms with Gasteiger partial charge in [-0.1, -0.05) is 12.1 Å². The standard InChI is InChI=1S/C27H29FN6O3S.C2HF3O2/c28-22-15-21(6-7-23(22)31-26(37)30-16-18-4-5-18)25(36)34-11-9-33(10-12-34)17-19-2-1-3-20(14-19)24(35)32-27-29-8-13-38-27;3-2(4,5)1(6)7/h1-3,6-8,13-15,18H,4-5,9-12,16-17H2,(H,29,32,35)(H2,30,31,37);(H,6,7). The van der Waals surface area contributed by atoms with Crippen LogP contribution in [0.4, 0.5) is 33.2 Å². The van der Waals surface area contributed by atoms with E-state index in [1.807, 2.05) is 18.2 Å². The van der Waals surface area contributed by atoms with E-state index < -0.39 is 24.0 Å². The first kappa shape index (κ1) is 33.3. The number of nitrogens with zero attached hydrogens (tertiary/aromatic N) is 3. The van der Waals surface area contributed by atoms with E-state index in [1.165, 1.54) is 29.5 Å². The van der Waals surface area contributed by atoms with Crippen molar-refractivity contribution in [3.63, 3.8) is 0 Å². The lowest BCUT2D eigenvalue weighted by atomic mass is 10.1. The molecule has 0 atom stereocenters. The molecule has 45 heavy (non-hydrogen) atoms. The Kier molecular flexibility index (Phi) is 11.1. The van der Waals surface area contributed by atoms with Gasteiger partial charge in [0, 0.05) is 62.0 Å². The van der Waals surface area contributed by atoms with E-state index in [0.717, 1.165) is 18.4 Å². The van der Waals surface area contributed by atoms with Crippen molar-refractivity contribution in [3.8, 4) is 0 Å². The zero-order valence-corrected chi connectivity index (χ0v) is 24.6. The summed E-state index contributed by atoms with van der Waals surface area (Å²) in [5, 5.41) is 17.5. The van der Waals surface area contributed by atoms with Crippen molar-refractivity contribution < 1.29 is 41.8 Å². The van der Waals surface area contributed by atoms with E-state index in [9.17, 15) is 31.9 Å². The van der Waals surface area contributed by atoms with Gasteiger partial charge in [0.25, 0.3) is 11.8 Å². The molecule has 0 spiro atoms. The normalized spacial score (nSPS) is 15.0. The molecule has 2 aliphatic rings. The fraction of sp³-hybridized carbons (Fsp3) is 0.345. The summed E-state index contributed by atoms with van der Waals surface area (Å²) in [6.07, 6.45) is -1.22. The number of benzene rings is 2. The number of piperazine rings is 1. The smallest absolute Gasteiger partial charge is 0.475 e. The van der Waals surface area contributed by atoms with Crippen LogP contribution in [0.3, 0.4) is 0 Å². The molecule has 5 rings (SSSR count). The fourth-order valence-corrected chi connectivity index (χ4v) is 4.81. The number of anilines is 2. The largest absolute Gasteiger partial charge is 0.490 e. The molecule has 16 heteroatoms. The lowest BCUT2D eigenvalue weighted by Gasteiger charge is -2.35. The van der Waals surface area contributed by atoms with Crippen LogP contribution in [0, 0.1) is 11.7 Å². The number of thiazole rings is 1. The molecular formula is C29H30F4N6O5S. The van der Waals surface area contributed by atoms with E-state index in [0.29, 0.717) is 55.9 Å². The predicted octanol–water partition coefficient (Wildman–Crippen LogP) is 4.66. The number of hydrogen-bond acceptors (Lipinski definition) is 7. The SMILES string of the molecule is O=C(NCC1CC1)Nc1ccc(C(=O)N2CCN(Cc3cccc(C(=O)Nc4nccs4)c3)CC2)cc1F.O=C(O)C(F)(F)F. The van der Waals surface area contributed by atoms with E-state index in [4.69, 9.17) is 9.90 Å². The summed E-state index contributed by atoms with van der Waals surface area (Å²) in [5.74, 6) is -3.32. The molecule has 1 aliphatic heterocycles. The fourth-order valence-electron chi connectivity index (χ4n) is 4.29. The second-order valence-electron chi connectivity index (χ2n) is 10.3. The maximum Gasteiger partial charge on any atom is 0.490 e. The van der Waals surface area contributed by atoms with Gasteiger partial charge in [-0.3, -0.25) is 19.8 Å². The molecule has 240 valence electrons. The monoisotopic (exact) mass is 650 g/mol. The number of aliphatic carboxylic acids is 1. The van der Waals surface area contributed by atoms with E-state index in [-0.39, 0.29) is 23.1 Å². The first-order valence-electron chi connectivity index (χ1n) is 13.8. The Balaban J connectivity index is 0.000000591. The highest BCUT2D eigenvalue weighted by molar-refractivity contribution is 7.13. The summed E-state index contributed by atoms with van der Waals surface area (Å²) in [4.78, 5) is 54.3. The second kappa shape index (κ2) is 14.9. The van der Waals surface area contributed by atoms with E-state index in [1.54, 1.807) is 22.5 Å². The van der Waals surface area contributed by atoms with Gasteiger partial charge in [0.2, 0.25) is 0 Å². The van der Waals surface area contributed by atoms with Gasteiger partial charge in [0.05, 0.1) is 5.69 Å². The summed E-state index contributed by atoms with van der Waals surface area (Å²) in [6.45, 7) is 3.57. The van der Waals surface area contributed by atoms with Gasteiger partial charge in [-0.25, -0.2) is 19.0 Å². The zero-order chi connectivity index (χ0) is 32.6. The van der Waals surface area contributed by atoms with E-state index >= 15 is 0 Å². The average molecular weight is 651 g/mol. The summed E-state index contributed by atoms with van der Waals surface area (Å²) >= 11 is 1.36. The van der Waals surface area contributed by atoms with Gasteiger partial charge >= 0.3 is 18.2 Å². The molecule has 11 nitrogen and oxygen atoms in total. The number of hydrogen-bond donors (Lipinski definition) is 4. The zero-order valence-electron chi connectivity index (χ0n) is 23.8. The third kappa shape index (κ3) is 10.2. The molecule has 1 aromatic heterocycles. The van der Waals surface area contributed by atoms with Gasteiger partial charge in [-0.05, 0) is 54.7 Å². The van der Waals surface area contributed by atoms with Crippen LogP contribution in [0.15, 0.2) is 54.0 Å². The Morgan fingerprint density at radius 1 is 0.978 bits per heavy atom. The predicted molar refractivity (Wildman–Crippen MR) is 158 cm³/mol. The molecular weight excluding hydrogens is 620 g/mol. The maximum atomic E-state index is 14.6. The topological polar surface area (TPSA) is 144 Å². The number of rotatable bonds is 8. The highest BCUT2D eigenvalue weighted by atomic mass is 32.1. The van der Waals surface area contributed by atoms with Crippen molar-refractivity contribution in [2.24, 2.45) is 5.92 Å². The molecule has 2 fully saturated rings. The van der Waals surface area contributed by atoms with Crippen LogP contribution in [-0.4, -0.2) is 82.6 Å². The average Bonchev–Trinajstić information content (AvgIpc) is 3.70. The summed E-state index contributed by atoms with van der Waals surface area (Å²) in [7, 11) is 0. The van der Waals surface area contributed by atoms with Crippen LogP contribution >= 0.6 is 11.3 Å². The molecule has 4 N–H and O–H groups in total. The summed E-state index contributed by atoms with van der Waals surface area (Å²) in [5.41, 5.74) is 1.86. The van der Waals surface area contributed by atoms with Crippen LogP contribution in [-0.2, 0) is 11.3 Å². The Morgan fingerprint density at radius 3 is 2.29 bits per heavy atom. The third-order valence-corrected chi connectivity index (χ3v) is 7.55. The molecule has 0 unspecified atom stereocenters. The Bertz CT molecular complexity index is 1510. The second-order valence-corrected chi connectivity index (χ2v) is 11.2. The quantitative estimate of drug-likeness (QED) is 0.260. The maximum absolute atomic E-state index is 14.6. The molecule has 1 aliphatic carbocycles. The third-order valence-electron chi connectivity index (χ3n) is 6.86. The first-order valence-corrected chi connectivity index (χ1v) is 14.7. The summed E-state index contributed by atoms with van der Waals surface area (Å²) in [6, 6.07) is 11.2. The highest BCUT2D eigenvalue weighted by Gasteiger charge is 2.38. The van der Waals surface area contributed by atoms with Crippen LogP contribution < -0.4 is 16.0 Å². The van der Waals surface area contributed by atoms with Gasteiger partial charge in [0.15, 0.2) is 5.13 Å². The summed E-state index contributed by atoms with van der Waals surface area (Å²) < 4.78 is 46.3. The number of nitrogens with one attached hydrogen (secondary N) is 3. The van der Waals surface area contributed by atoms with Crippen LogP contribution in [0.25, 0.3) is 0 Å². The van der Waals surface area contributed by atoms with Gasteiger partial charge < -0.3 is 20.6 Å². The minimum absolute atomic E-state index is 0.0437. The number of carboxylic acid groups (broad SMARTS) is 1. The van der Waals surface area contributed by atoms with Crippen LogP contribution in [0.2, 0.25) is 0 Å².